The lowest BCUT2D eigenvalue weighted by Crippen LogP contribution is -2.55. The Morgan fingerprint density at radius 2 is 2.26 bits per heavy atom. The van der Waals surface area contributed by atoms with Gasteiger partial charge in [0.25, 0.3) is 0 Å². The van der Waals surface area contributed by atoms with Crippen LogP contribution >= 0.6 is 0 Å². The Kier molecular flexibility index (Phi) is 4.96. The fourth-order valence-corrected chi connectivity index (χ4v) is 2.93. The average Bonchev–Trinajstić information content (AvgIpc) is 2.83. The van der Waals surface area contributed by atoms with E-state index in [1.54, 1.807) is 0 Å². The third-order valence-corrected chi connectivity index (χ3v) is 3.94. The van der Waals surface area contributed by atoms with Crippen molar-refractivity contribution in [2.75, 3.05) is 26.9 Å². The van der Waals surface area contributed by atoms with Crippen molar-refractivity contribution in [1.82, 2.24) is 15.1 Å². The first-order valence-electron chi connectivity index (χ1n) is 7.07. The molecule has 108 valence electrons. The fourth-order valence-electron chi connectivity index (χ4n) is 2.93. The first-order valence-corrected chi connectivity index (χ1v) is 7.07. The largest absolute Gasteiger partial charge is 0.381 e. The Balaban J connectivity index is 2.12. The average molecular weight is 267 g/mol. The number of ether oxygens (including phenoxy) is 2. The van der Waals surface area contributed by atoms with Gasteiger partial charge in [0.05, 0.1) is 11.3 Å². The molecule has 0 aromatic carbocycles. The molecule has 1 saturated heterocycles. The molecule has 1 N–H and O–H groups in total. The second kappa shape index (κ2) is 6.50. The summed E-state index contributed by atoms with van der Waals surface area (Å²) in [6.07, 6.45) is 4.76. The summed E-state index contributed by atoms with van der Waals surface area (Å²) in [7, 11) is 3.95. The summed E-state index contributed by atoms with van der Waals surface area (Å²) in [6, 6.07) is 2.34. The second-order valence-corrected chi connectivity index (χ2v) is 5.14. The SMILES string of the molecule is CCOC1(C(Cc2ccn(C)n2)NC)CCOCC1. The molecule has 1 aromatic heterocycles. The molecule has 2 heterocycles. The van der Waals surface area contributed by atoms with E-state index in [9.17, 15) is 0 Å². The predicted octanol–water partition coefficient (Wildman–Crippen LogP) is 1.14. The molecule has 0 spiro atoms. The fraction of sp³-hybridized carbons (Fsp3) is 0.786. The smallest absolute Gasteiger partial charge is 0.0882 e. The molecule has 0 bridgehead atoms. The van der Waals surface area contributed by atoms with Gasteiger partial charge in [-0.15, -0.1) is 0 Å². The Hall–Kier alpha value is -0.910. The topological polar surface area (TPSA) is 48.3 Å². The highest BCUT2D eigenvalue weighted by atomic mass is 16.5. The molecule has 19 heavy (non-hydrogen) atoms. The molecule has 1 atom stereocenters. The minimum absolute atomic E-state index is 0.126. The Labute approximate surface area is 115 Å². The standard InChI is InChI=1S/C14H25N3O2/c1-4-19-14(6-9-18-10-7-14)13(15-2)11-12-5-8-17(3)16-12/h5,8,13,15H,4,6-7,9-11H2,1-3H3. The summed E-state index contributed by atoms with van der Waals surface area (Å²) in [4.78, 5) is 0. The molecular formula is C14H25N3O2. The van der Waals surface area contributed by atoms with Gasteiger partial charge in [0.1, 0.15) is 0 Å². The summed E-state index contributed by atoms with van der Waals surface area (Å²) >= 11 is 0. The van der Waals surface area contributed by atoms with Crippen LogP contribution in [0, 0.1) is 0 Å². The third-order valence-electron chi connectivity index (χ3n) is 3.94. The van der Waals surface area contributed by atoms with Gasteiger partial charge in [-0.3, -0.25) is 4.68 Å². The van der Waals surface area contributed by atoms with Gasteiger partial charge in [-0.2, -0.15) is 5.10 Å². The first kappa shape index (κ1) is 14.5. The number of likely N-dealkylation sites (N-methyl/N-ethyl adjacent to an activating group) is 1. The number of aryl methyl sites for hydroxylation is 1. The van der Waals surface area contributed by atoms with Crippen molar-refractivity contribution in [3.63, 3.8) is 0 Å². The monoisotopic (exact) mass is 267 g/mol. The van der Waals surface area contributed by atoms with E-state index in [-0.39, 0.29) is 11.6 Å². The van der Waals surface area contributed by atoms with Crippen molar-refractivity contribution in [3.05, 3.63) is 18.0 Å². The molecular weight excluding hydrogens is 242 g/mol. The Morgan fingerprint density at radius 1 is 1.53 bits per heavy atom. The molecule has 0 amide bonds. The maximum Gasteiger partial charge on any atom is 0.0882 e. The van der Waals surface area contributed by atoms with Crippen LogP contribution in [0.1, 0.15) is 25.5 Å². The van der Waals surface area contributed by atoms with Crippen LogP contribution in [0.5, 0.6) is 0 Å². The van der Waals surface area contributed by atoms with E-state index in [1.165, 1.54) is 0 Å². The van der Waals surface area contributed by atoms with Crippen LogP contribution in [-0.2, 0) is 22.9 Å². The van der Waals surface area contributed by atoms with E-state index in [0.717, 1.165) is 44.8 Å². The maximum atomic E-state index is 6.13. The van der Waals surface area contributed by atoms with Crippen LogP contribution in [0.3, 0.4) is 0 Å². The van der Waals surface area contributed by atoms with Crippen LogP contribution < -0.4 is 5.32 Å². The number of hydrogen-bond donors (Lipinski definition) is 1. The summed E-state index contributed by atoms with van der Waals surface area (Å²) in [5.41, 5.74) is 0.978. The number of nitrogens with one attached hydrogen (secondary N) is 1. The highest BCUT2D eigenvalue weighted by Gasteiger charge is 2.40. The van der Waals surface area contributed by atoms with Crippen LogP contribution in [-0.4, -0.2) is 48.3 Å². The highest BCUT2D eigenvalue weighted by Crippen LogP contribution is 2.30. The van der Waals surface area contributed by atoms with E-state index in [0.29, 0.717) is 0 Å². The molecule has 1 fully saturated rings. The van der Waals surface area contributed by atoms with Crippen LogP contribution in [0.15, 0.2) is 12.3 Å². The zero-order valence-electron chi connectivity index (χ0n) is 12.2. The summed E-state index contributed by atoms with van der Waals surface area (Å²) < 4.78 is 13.5. The number of hydrogen-bond acceptors (Lipinski definition) is 4. The lowest BCUT2D eigenvalue weighted by atomic mass is 9.83. The molecule has 0 saturated carbocycles. The minimum atomic E-state index is -0.126. The van der Waals surface area contributed by atoms with E-state index in [2.05, 4.69) is 23.4 Å². The van der Waals surface area contributed by atoms with Crippen molar-refractivity contribution in [2.45, 2.75) is 37.8 Å². The molecule has 0 radical (unpaired) electrons. The number of aromatic nitrogens is 2. The minimum Gasteiger partial charge on any atom is -0.381 e. The Bertz CT molecular complexity index is 380. The van der Waals surface area contributed by atoms with Crippen LogP contribution in [0.2, 0.25) is 0 Å². The van der Waals surface area contributed by atoms with Crippen molar-refractivity contribution >= 4 is 0 Å². The summed E-state index contributed by atoms with van der Waals surface area (Å²) in [5.74, 6) is 0. The van der Waals surface area contributed by atoms with Gasteiger partial charge in [0.15, 0.2) is 0 Å². The molecule has 1 aromatic rings. The molecule has 1 unspecified atom stereocenters. The Morgan fingerprint density at radius 3 is 2.79 bits per heavy atom. The van der Waals surface area contributed by atoms with Crippen LogP contribution in [0.4, 0.5) is 0 Å². The van der Waals surface area contributed by atoms with E-state index >= 15 is 0 Å². The normalized spacial score (nSPS) is 20.4. The zero-order valence-corrected chi connectivity index (χ0v) is 12.2. The van der Waals surface area contributed by atoms with Crippen molar-refractivity contribution in [3.8, 4) is 0 Å². The van der Waals surface area contributed by atoms with Gasteiger partial charge in [-0.1, -0.05) is 0 Å². The summed E-state index contributed by atoms with van der Waals surface area (Å²) in [5, 5.41) is 7.90. The molecule has 0 aliphatic carbocycles. The van der Waals surface area contributed by atoms with E-state index < -0.39 is 0 Å². The van der Waals surface area contributed by atoms with Gasteiger partial charge in [-0.05, 0) is 20.0 Å². The second-order valence-electron chi connectivity index (χ2n) is 5.14. The molecule has 1 aliphatic heterocycles. The van der Waals surface area contributed by atoms with Crippen LogP contribution in [0.25, 0.3) is 0 Å². The van der Waals surface area contributed by atoms with Gasteiger partial charge < -0.3 is 14.8 Å². The maximum absolute atomic E-state index is 6.13. The van der Waals surface area contributed by atoms with E-state index in [1.807, 2.05) is 25.0 Å². The number of rotatable bonds is 6. The molecule has 2 rings (SSSR count). The van der Waals surface area contributed by atoms with Gasteiger partial charge >= 0.3 is 0 Å². The zero-order chi connectivity index (χ0) is 13.7. The van der Waals surface area contributed by atoms with Gasteiger partial charge in [0.2, 0.25) is 0 Å². The quantitative estimate of drug-likeness (QED) is 0.839. The lowest BCUT2D eigenvalue weighted by Gasteiger charge is -2.43. The molecule has 5 heteroatoms. The molecule has 1 aliphatic rings. The van der Waals surface area contributed by atoms with Crippen molar-refractivity contribution in [1.29, 1.82) is 0 Å². The van der Waals surface area contributed by atoms with E-state index in [4.69, 9.17) is 9.47 Å². The van der Waals surface area contributed by atoms with Crippen molar-refractivity contribution < 1.29 is 9.47 Å². The highest BCUT2D eigenvalue weighted by molar-refractivity contribution is 5.06. The predicted molar refractivity (Wildman–Crippen MR) is 74.2 cm³/mol. The van der Waals surface area contributed by atoms with Gasteiger partial charge in [0, 0.05) is 58.4 Å². The third kappa shape index (κ3) is 3.35. The van der Waals surface area contributed by atoms with Gasteiger partial charge in [-0.25, -0.2) is 0 Å². The molecule has 5 nitrogen and oxygen atoms in total. The summed E-state index contributed by atoms with van der Waals surface area (Å²) in [6.45, 7) is 4.35. The lowest BCUT2D eigenvalue weighted by molar-refractivity contribution is -0.125. The van der Waals surface area contributed by atoms with Crippen molar-refractivity contribution in [2.24, 2.45) is 7.05 Å². The first-order chi connectivity index (χ1) is 9.20. The number of nitrogens with zero attached hydrogens (tertiary/aromatic N) is 2.